The molecule has 0 radical (unpaired) electrons. The molecule has 2 aromatic heterocycles. The number of aromatic nitrogens is 4. The Bertz CT molecular complexity index is 1350. The zero-order valence-corrected chi connectivity index (χ0v) is 20.5. The zero-order chi connectivity index (χ0) is 26.0. The highest BCUT2D eigenvalue weighted by Crippen LogP contribution is 2.38. The summed E-state index contributed by atoms with van der Waals surface area (Å²) in [6, 6.07) is 9.09. The Morgan fingerprint density at radius 2 is 1.92 bits per heavy atom. The minimum Gasteiger partial charge on any atom is -0.380 e. The van der Waals surface area contributed by atoms with Crippen LogP contribution in [-0.4, -0.2) is 66.8 Å². The van der Waals surface area contributed by atoms with Gasteiger partial charge >= 0.3 is 0 Å². The van der Waals surface area contributed by atoms with Crippen LogP contribution < -0.4 is 10.6 Å². The average Bonchev–Trinajstić information content (AvgIpc) is 3.51. The lowest BCUT2D eigenvalue weighted by Gasteiger charge is -2.33. The van der Waals surface area contributed by atoms with Crippen molar-refractivity contribution in [2.24, 2.45) is 0 Å². The average molecular weight is 501 g/mol. The third-order valence-electron chi connectivity index (χ3n) is 6.83. The summed E-state index contributed by atoms with van der Waals surface area (Å²) in [5, 5.41) is 29.0. The second-order valence-corrected chi connectivity index (χ2v) is 9.53. The Hall–Kier alpha value is -4.30. The number of rotatable bonds is 7. The molecule has 1 saturated carbocycles. The number of nitrogens with one attached hydrogen (secondary N) is 2. The fourth-order valence-corrected chi connectivity index (χ4v) is 4.49. The van der Waals surface area contributed by atoms with E-state index in [2.05, 4.69) is 25.7 Å². The van der Waals surface area contributed by atoms with Crippen molar-refractivity contribution < 1.29 is 14.7 Å². The van der Waals surface area contributed by atoms with E-state index in [1.807, 2.05) is 36.0 Å². The van der Waals surface area contributed by atoms with E-state index in [9.17, 15) is 14.7 Å². The van der Waals surface area contributed by atoms with Gasteiger partial charge in [0.15, 0.2) is 0 Å². The molecule has 11 heteroatoms. The number of aliphatic hydroxyl groups is 1. The Kier molecular flexibility index (Phi) is 6.58. The summed E-state index contributed by atoms with van der Waals surface area (Å²) in [5.41, 5.74) is 2.58. The summed E-state index contributed by atoms with van der Waals surface area (Å²) in [6.07, 6.45) is 8.06. The van der Waals surface area contributed by atoms with Gasteiger partial charge in [0.1, 0.15) is 12.1 Å². The largest absolute Gasteiger partial charge is 0.380 e. The van der Waals surface area contributed by atoms with Crippen molar-refractivity contribution >= 4 is 23.5 Å². The zero-order valence-electron chi connectivity index (χ0n) is 20.5. The standard InChI is InChI=1S/C26H28N8O3/c1-17-14-29-25(32-22(17)18-2-4-19(5-3-18)23(35)28-11-10-27)31-20-15-30-34(16-20)21-6-12-33(13-7-21)24(36)26(37)8-9-26/h2-5,14-16,21,37H,6-9,11-13H2,1H3,(H,28,35)(H,29,31,32). The van der Waals surface area contributed by atoms with E-state index in [0.717, 1.165) is 35.3 Å². The SMILES string of the molecule is Cc1cnc(Nc2cnn(C3CCN(C(=O)C4(O)CC4)CC3)c2)nc1-c1ccc(C(=O)NCC#N)cc1. The van der Waals surface area contributed by atoms with Crippen molar-refractivity contribution in [3.05, 3.63) is 54.0 Å². The molecule has 3 heterocycles. The van der Waals surface area contributed by atoms with E-state index in [1.165, 1.54) is 0 Å². The Balaban J connectivity index is 1.23. The number of amides is 2. The molecule has 2 aliphatic rings. The van der Waals surface area contributed by atoms with Crippen molar-refractivity contribution in [2.75, 3.05) is 25.0 Å². The number of likely N-dealkylation sites (tertiary alicyclic amines) is 1. The quantitative estimate of drug-likeness (QED) is 0.419. The van der Waals surface area contributed by atoms with E-state index < -0.39 is 5.60 Å². The predicted molar refractivity (Wildman–Crippen MR) is 135 cm³/mol. The molecule has 190 valence electrons. The molecule has 1 aliphatic carbocycles. The highest BCUT2D eigenvalue weighted by Gasteiger charge is 2.50. The molecule has 0 atom stereocenters. The smallest absolute Gasteiger partial charge is 0.254 e. The van der Waals surface area contributed by atoms with E-state index in [1.54, 1.807) is 29.4 Å². The first-order chi connectivity index (χ1) is 17.9. The third-order valence-corrected chi connectivity index (χ3v) is 6.83. The molecule has 0 spiro atoms. The Morgan fingerprint density at radius 1 is 1.19 bits per heavy atom. The van der Waals surface area contributed by atoms with Crippen LogP contribution in [0.5, 0.6) is 0 Å². The number of hydrogen-bond donors (Lipinski definition) is 3. The molecule has 3 N–H and O–H groups in total. The number of carbonyl (C=O) groups excluding carboxylic acids is 2. The van der Waals surface area contributed by atoms with Crippen LogP contribution in [0.1, 0.15) is 47.6 Å². The molecule has 1 saturated heterocycles. The van der Waals surface area contributed by atoms with Crippen molar-refractivity contribution in [3.63, 3.8) is 0 Å². The lowest BCUT2D eigenvalue weighted by Crippen LogP contribution is -2.45. The second kappa shape index (κ2) is 9.99. The molecule has 1 aliphatic heterocycles. The van der Waals surface area contributed by atoms with Crippen molar-refractivity contribution in [3.8, 4) is 17.3 Å². The highest BCUT2D eigenvalue weighted by molar-refractivity contribution is 5.94. The summed E-state index contributed by atoms with van der Waals surface area (Å²) >= 11 is 0. The minimum atomic E-state index is -1.11. The van der Waals surface area contributed by atoms with Gasteiger partial charge in [0.2, 0.25) is 5.95 Å². The van der Waals surface area contributed by atoms with Crippen molar-refractivity contribution in [1.82, 2.24) is 30.0 Å². The van der Waals surface area contributed by atoms with Gasteiger partial charge in [-0.2, -0.15) is 10.4 Å². The number of benzene rings is 1. The molecular weight excluding hydrogens is 472 g/mol. The van der Waals surface area contributed by atoms with Gasteiger partial charge in [-0.15, -0.1) is 0 Å². The maximum Gasteiger partial charge on any atom is 0.254 e. The third kappa shape index (κ3) is 5.29. The minimum absolute atomic E-state index is 0.0412. The molecule has 0 unspecified atom stereocenters. The van der Waals surface area contributed by atoms with Crippen LogP contribution >= 0.6 is 0 Å². The van der Waals surface area contributed by atoms with Gasteiger partial charge in [0, 0.05) is 36.6 Å². The predicted octanol–water partition coefficient (Wildman–Crippen LogP) is 2.33. The number of nitrogens with zero attached hydrogens (tertiary/aromatic N) is 6. The van der Waals surface area contributed by atoms with Gasteiger partial charge < -0.3 is 20.6 Å². The summed E-state index contributed by atoms with van der Waals surface area (Å²) in [6.45, 7) is 3.10. The number of aryl methyl sites for hydroxylation is 1. The molecule has 3 aromatic rings. The van der Waals surface area contributed by atoms with Crippen LogP contribution in [0.4, 0.5) is 11.6 Å². The Morgan fingerprint density at radius 3 is 2.59 bits per heavy atom. The van der Waals surface area contributed by atoms with E-state index in [0.29, 0.717) is 37.4 Å². The normalized spacial score (nSPS) is 16.6. The number of piperidine rings is 1. The van der Waals surface area contributed by atoms with Crippen LogP contribution in [0.25, 0.3) is 11.3 Å². The maximum atomic E-state index is 12.4. The number of carbonyl (C=O) groups is 2. The fraction of sp³-hybridized carbons (Fsp3) is 0.385. The topological polar surface area (TPSA) is 149 Å². The summed E-state index contributed by atoms with van der Waals surface area (Å²) in [7, 11) is 0. The molecule has 2 amide bonds. The molecular formula is C26H28N8O3. The van der Waals surface area contributed by atoms with Crippen molar-refractivity contribution in [2.45, 2.75) is 44.2 Å². The summed E-state index contributed by atoms with van der Waals surface area (Å²) in [5.74, 6) is -0.0172. The first-order valence-electron chi connectivity index (χ1n) is 12.3. The van der Waals surface area contributed by atoms with Crippen LogP contribution in [0.3, 0.4) is 0 Å². The molecule has 11 nitrogen and oxygen atoms in total. The van der Waals surface area contributed by atoms with Gasteiger partial charge in [0.05, 0.1) is 29.7 Å². The lowest BCUT2D eigenvalue weighted by molar-refractivity contribution is -0.143. The first kappa shape index (κ1) is 24.4. The number of nitriles is 1. The maximum absolute atomic E-state index is 12.4. The van der Waals surface area contributed by atoms with E-state index in [4.69, 9.17) is 5.26 Å². The Labute approximate surface area is 214 Å². The number of hydrogen-bond acceptors (Lipinski definition) is 8. The van der Waals surface area contributed by atoms with Crippen LogP contribution in [0.15, 0.2) is 42.9 Å². The molecule has 37 heavy (non-hydrogen) atoms. The second-order valence-electron chi connectivity index (χ2n) is 9.53. The van der Waals surface area contributed by atoms with Crippen LogP contribution in [-0.2, 0) is 4.79 Å². The molecule has 5 rings (SSSR count). The van der Waals surface area contributed by atoms with Crippen LogP contribution in [0.2, 0.25) is 0 Å². The lowest BCUT2D eigenvalue weighted by atomic mass is 10.0. The number of anilines is 2. The van der Waals surface area contributed by atoms with Gasteiger partial charge in [0.25, 0.3) is 11.8 Å². The molecule has 2 fully saturated rings. The highest BCUT2D eigenvalue weighted by atomic mass is 16.3. The van der Waals surface area contributed by atoms with Crippen molar-refractivity contribution in [1.29, 1.82) is 5.26 Å². The van der Waals surface area contributed by atoms with Gasteiger partial charge in [-0.3, -0.25) is 14.3 Å². The van der Waals surface area contributed by atoms with Gasteiger partial charge in [-0.25, -0.2) is 9.97 Å². The first-order valence-corrected chi connectivity index (χ1v) is 12.3. The summed E-state index contributed by atoms with van der Waals surface area (Å²) < 4.78 is 1.90. The van der Waals surface area contributed by atoms with E-state index in [-0.39, 0.29) is 24.4 Å². The molecule has 1 aromatic carbocycles. The van der Waals surface area contributed by atoms with Crippen LogP contribution in [0, 0.1) is 18.3 Å². The monoisotopic (exact) mass is 500 g/mol. The molecule has 0 bridgehead atoms. The fourth-order valence-electron chi connectivity index (χ4n) is 4.49. The van der Waals surface area contributed by atoms with Gasteiger partial charge in [-0.1, -0.05) is 12.1 Å². The van der Waals surface area contributed by atoms with Gasteiger partial charge in [-0.05, 0) is 50.3 Å². The summed E-state index contributed by atoms with van der Waals surface area (Å²) in [4.78, 5) is 35.3. The van der Waals surface area contributed by atoms with E-state index >= 15 is 0 Å².